The van der Waals surface area contributed by atoms with E-state index in [4.69, 9.17) is 0 Å². The first-order valence-electron chi connectivity index (χ1n) is 9.06. The lowest BCUT2D eigenvalue weighted by Gasteiger charge is -2.39. The van der Waals surface area contributed by atoms with E-state index in [2.05, 4.69) is 22.8 Å². The van der Waals surface area contributed by atoms with Gasteiger partial charge in [0.15, 0.2) is 0 Å². The molecule has 130 valence electrons. The SMILES string of the molecule is CCNC(=O)N1CC(C(=O)NCC2CC2)CCC1c1ccccc1. The zero-order chi connectivity index (χ0) is 16.9. The molecule has 1 saturated carbocycles. The van der Waals surface area contributed by atoms with Crippen LogP contribution in [0.1, 0.15) is 44.2 Å². The number of carbonyl (C=O) groups is 2. The fourth-order valence-corrected chi connectivity index (χ4v) is 3.40. The molecule has 1 aromatic rings. The van der Waals surface area contributed by atoms with E-state index >= 15 is 0 Å². The van der Waals surface area contributed by atoms with Crippen molar-refractivity contribution >= 4 is 11.9 Å². The van der Waals surface area contributed by atoms with Gasteiger partial charge in [-0.2, -0.15) is 0 Å². The van der Waals surface area contributed by atoms with Gasteiger partial charge in [0.25, 0.3) is 0 Å². The Labute approximate surface area is 143 Å². The average molecular weight is 329 g/mol. The van der Waals surface area contributed by atoms with Gasteiger partial charge in [-0.25, -0.2) is 4.79 Å². The summed E-state index contributed by atoms with van der Waals surface area (Å²) in [6, 6.07) is 10.1. The van der Waals surface area contributed by atoms with E-state index in [1.807, 2.05) is 30.0 Å². The number of nitrogens with zero attached hydrogens (tertiary/aromatic N) is 1. The van der Waals surface area contributed by atoms with Crippen molar-refractivity contribution in [3.8, 4) is 0 Å². The molecule has 0 radical (unpaired) electrons. The second-order valence-electron chi connectivity index (χ2n) is 6.88. The molecule has 2 aliphatic rings. The minimum atomic E-state index is -0.105. The second-order valence-corrected chi connectivity index (χ2v) is 6.88. The molecule has 2 unspecified atom stereocenters. The zero-order valence-electron chi connectivity index (χ0n) is 14.3. The summed E-state index contributed by atoms with van der Waals surface area (Å²) in [7, 11) is 0. The molecular weight excluding hydrogens is 302 g/mol. The van der Waals surface area contributed by atoms with E-state index in [9.17, 15) is 9.59 Å². The molecule has 1 aliphatic heterocycles. The molecule has 2 atom stereocenters. The Hall–Kier alpha value is -2.04. The number of rotatable bonds is 5. The van der Waals surface area contributed by atoms with Crippen LogP contribution in [0.4, 0.5) is 4.79 Å². The van der Waals surface area contributed by atoms with Gasteiger partial charge in [-0.3, -0.25) is 4.79 Å². The highest BCUT2D eigenvalue weighted by atomic mass is 16.2. The van der Waals surface area contributed by atoms with Crippen molar-refractivity contribution in [1.29, 1.82) is 0 Å². The number of urea groups is 1. The number of likely N-dealkylation sites (tertiary alicyclic amines) is 1. The number of hydrogen-bond donors (Lipinski definition) is 2. The molecule has 1 aliphatic carbocycles. The molecule has 0 spiro atoms. The van der Waals surface area contributed by atoms with Crippen LogP contribution in [0.2, 0.25) is 0 Å². The Kier molecular flexibility index (Phi) is 5.38. The topological polar surface area (TPSA) is 61.4 Å². The Morgan fingerprint density at radius 3 is 2.50 bits per heavy atom. The normalized spacial score (nSPS) is 23.6. The maximum absolute atomic E-state index is 12.5. The number of amides is 3. The molecule has 3 rings (SSSR count). The third kappa shape index (κ3) is 4.08. The van der Waals surface area contributed by atoms with Gasteiger partial charge in [0, 0.05) is 19.6 Å². The molecule has 1 heterocycles. The first-order valence-corrected chi connectivity index (χ1v) is 9.06. The summed E-state index contributed by atoms with van der Waals surface area (Å²) in [6.07, 6.45) is 4.10. The molecule has 0 aromatic heterocycles. The molecule has 3 amide bonds. The number of benzene rings is 1. The lowest BCUT2D eigenvalue weighted by atomic mass is 9.88. The number of piperidine rings is 1. The van der Waals surface area contributed by atoms with Crippen molar-refractivity contribution in [1.82, 2.24) is 15.5 Å². The first-order chi connectivity index (χ1) is 11.7. The molecule has 1 saturated heterocycles. The summed E-state index contributed by atoms with van der Waals surface area (Å²) in [5.74, 6) is 0.670. The monoisotopic (exact) mass is 329 g/mol. The van der Waals surface area contributed by atoms with Crippen LogP contribution < -0.4 is 10.6 Å². The van der Waals surface area contributed by atoms with Crippen molar-refractivity contribution in [3.63, 3.8) is 0 Å². The van der Waals surface area contributed by atoms with Gasteiger partial charge < -0.3 is 15.5 Å². The van der Waals surface area contributed by atoms with Gasteiger partial charge >= 0.3 is 6.03 Å². The molecular formula is C19H27N3O2. The predicted molar refractivity (Wildman–Crippen MR) is 93.4 cm³/mol. The first kappa shape index (κ1) is 16.8. The summed E-state index contributed by atoms with van der Waals surface area (Å²) in [4.78, 5) is 26.8. The van der Waals surface area contributed by atoms with Gasteiger partial charge in [-0.05, 0) is 44.1 Å². The molecule has 0 bridgehead atoms. The summed E-state index contributed by atoms with van der Waals surface area (Å²) in [6.45, 7) is 3.79. The van der Waals surface area contributed by atoms with Gasteiger partial charge in [0.1, 0.15) is 0 Å². The van der Waals surface area contributed by atoms with Gasteiger partial charge in [0.2, 0.25) is 5.91 Å². The highest BCUT2D eigenvalue weighted by Gasteiger charge is 2.35. The Morgan fingerprint density at radius 1 is 1.08 bits per heavy atom. The lowest BCUT2D eigenvalue weighted by molar-refractivity contribution is -0.126. The largest absolute Gasteiger partial charge is 0.356 e. The van der Waals surface area contributed by atoms with Gasteiger partial charge in [-0.1, -0.05) is 30.3 Å². The van der Waals surface area contributed by atoms with E-state index in [-0.39, 0.29) is 23.9 Å². The summed E-state index contributed by atoms with van der Waals surface area (Å²) in [5, 5.41) is 5.95. The highest BCUT2D eigenvalue weighted by Crippen LogP contribution is 2.34. The van der Waals surface area contributed by atoms with Crippen LogP contribution in [0.5, 0.6) is 0 Å². The molecule has 24 heavy (non-hydrogen) atoms. The fourth-order valence-electron chi connectivity index (χ4n) is 3.40. The Morgan fingerprint density at radius 2 is 1.83 bits per heavy atom. The lowest BCUT2D eigenvalue weighted by Crippen LogP contribution is -2.50. The van der Waals surface area contributed by atoms with Crippen LogP contribution in [0.15, 0.2) is 30.3 Å². The maximum atomic E-state index is 12.5. The maximum Gasteiger partial charge on any atom is 0.317 e. The predicted octanol–water partition coefficient (Wildman–Crippen LogP) is 2.70. The van der Waals surface area contributed by atoms with Crippen LogP contribution in [-0.4, -0.2) is 36.5 Å². The summed E-state index contributed by atoms with van der Waals surface area (Å²) < 4.78 is 0. The Balaban J connectivity index is 1.68. The quantitative estimate of drug-likeness (QED) is 0.872. The minimum absolute atomic E-state index is 0.0465. The van der Waals surface area contributed by atoms with Gasteiger partial charge in [0.05, 0.1) is 12.0 Å². The van der Waals surface area contributed by atoms with E-state index in [1.165, 1.54) is 12.8 Å². The van der Waals surface area contributed by atoms with Gasteiger partial charge in [-0.15, -0.1) is 0 Å². The van der Waals surface area contributed by atoms with E-state index in [1.54, 1.807) is 0 Å². The van der Waals surface area contributed by atoms with Crippen molar-refractivity contribution in [2.75, 3.05) is 19.6 Å². The van der Waals surface area contributed by atoms with Crippen LogP contribution in [0.25, 0.3) is 0 Å². The molecule has 1 aromatic carbocycles. The highest BCUT2D eigenvalue weighted by molar-refractivity contribution is 5.81. The van der Waals surface area contributed by atoms with Crippen LogP contribution in [0, 0.1) is 11.8 Å². The van der Waals surface area contributed by atoms with Crippen molar-refractivity contribution < 1.29 is 9.59 Å². The van der Waals surface area contributed by atoms with Crippen LogP contribution >= 0.6 is 0 Å². The van der Waals surface area contributed by atoms with Crippen LogP contribution in [0.3, 0.4) is 0 Å². The standard InChI is InChI=1S/C19H27N3O2/c1-2-20-19(24)22-13-16(18(23)21-12-14-8-9-14)10-11-17(22)15-6-4-3-5-7-15/h3-7,14,16-17H,2,8-13H2,1H3,(H,20,24)(H,21,23). The van der Waals surface area contributed by atoms with Crippen LogP contribution in [-0.2, 0) is 4.79 Å². The second kappa shape index (κ2) is 7.69. The van der Waals surface area contributed by atoms with Crippen molar-refractivity contribution in [2.45, 2.75) is 38.6 Å². The van der Waals surface area contributed by atoms with E-state index in [0.29, 0.717) is 19.0 Å². The number of nitrogens with one attached hydrogen (secondary N) is 2. The van der Waals surface area contributed by atoms with E-state index < -0.39 is 0 Å². The summed E-state index contributed by atoms with van der Waals surface area (Å²) in [5.41, 5.74) is 1.14. The van der Waals surface area contributed by atoms with Crippen molar-refractivity contribution in [2.24, 2.45) is 11.8 Å². The smallest absolute Gasteiger partial charge is 0.317 e. The number of hydrogen-bond acceptors (Lipinski definition) is 2. The van der Waals surface area contributed by atoms with E-state index in [0.717, 1.165) is 24.9 Å². The molecule has 2 fully saturated rings. The zero-order valence-corrected chi connectivity index (χ0v) is 14.3. The molecule has 5 nitrogen and oxygen atoms in total. The summed E-state index contributed by atoms with van der Waals surface area (Å²) >= 11 is 0. The number of carbonyl (C=O) groups excluding carboxylic acids is 2. The fraction of sp³-hybridized carbons (Fsp3) is 0.579. The minimum Gasteiger partial charge on any atom is -0.356 e. The third-order valence-electron chi connectivity index (χ3n) is 4.99. The molecule has 2 N–H and O–H groups in total. The average Bonchev–Trinajstić information content (AvgIpc) is 3.44. The molecule has 5 heteroatoms. The Bertz CT molecular complexity index is 571. The third-order valence-corrected chi connectivity index (χ3v) is 4.99. The van der Waals surface area contributed by atoms with Crippen molar-refractivity contribution in [3.05, 3.63) is 35.9 Å².